The summed E-state index contributed by atoms with van der Waals surface area (Å²) in [4.78, 5) is 10.6. The number of hydrogen-bond donors (Lipinski definition) is 1. The van der Waals surface area contributed by atoms with Crippen LogP contribution < -0.4 is 5.73 Å². The van der Waals surface area contributed by atoms with Crippen LogP contribution in [0, 0.1) is 0 Å². The average Bonchev–Trinajstić information content (AvgIpc) is 2.45. The van der Waals surface area contributed by atoms with Gasteiger partial charge >= 0.3 is 6.18 Å². The largest absolute Gasteiger partial charge is 0.417 e. The minimum atomic E-state index is -4.40. The molecular formula is C16H12F3NO. The van der Waals surface area contributed by atoms with E-state index in [1.807, 2.05) is 0 Å². The van der Waals surface area contributed by atoms with Crippen LogP contribution in [0.15, 0.2) is 54.6 Å². The van der Waals surface area contributed by atoms with Gasteiger partial charge in [0.25, 0.3) is 0 Å². The highest BCUT2D eigenvalue weighted by atomic mass is 19.4. The molecule has 0 spiro atoms. The van der Waals surface area contributed by atoms with E-state index in [2.05, 4.69) is 0 Å². The van der Waals surface area contributed by atoms with Crippen molar-refractivity contribution in [3.8, 4) is 11.1 Å². The van der Waals surface area contributed by atoms with E-state index in [9.17, 15) is 18.0 Å². The highest BCUT2D eigenvalue weighted by Gasteiger charge is 2.33. The lowest BCUT2D eigenvalue weighted by atomic mass is 9.98. The van der Waals surface area contributed by atoms with E-state index >= 15 is 0 Å². The second-order valence-corrected chi connectivity index (χ2v) is 4.40. The quantitative estimate of drug-likeness (QED) is 0.857. The van der Waals surface area contributed by atoms with Crippen LogP contribution in [0.1, 0.15) is 11.1 Å². The van der Waals surface area contributed by atoms with Crippen molar-refractivity contribution in [2.75, 3.05) is 0 Å². The summed E-state index contributed by atoms with van der Waals surface area (Å²) in [6.45, 7) is 0. The lowest BCUT2D eigenvalue weighted by Gasteiger charge is -2.12. The van der Waals surface area contributed by atoms with Gasteiger partial charge in [0, 0.05) is 6.08 Å². The van der Waals surface area contributed by atoms with Crippen LogP contribution in [-0.2, 0) is 11.0 Å². The topological polar surface area (TPSA) is 43.1 Å². The zero-order valence-electron chi connectivity index (χ0n) is 10.9. The molecule has 0 radical (unpaired) electrons. The molecule has 2 nitrogen and oxygen atoms in total. The second-order valence-electron chi connectivity index (χ2n) is 4.40. The lowest BCUT2D eigenvalue weighted by Crippen LogP contribution is -2.06. The number of rotatable bonds is 3. The molecule has 2 aromatic rings. The fourth-order valence-corrected chi connectivity index (χ4v) is 1.93. The van der Waals surface area contributed by atoms with E-state index < -0.39 is 17.6 Å². The molecule has 2 aromatic carbocycles. The van der Waals surface area contributed by atoms with Crippen molar-refractivity contribution in [3.63, 3.8) is 0 Å². The third-order valence-electron chi connectivity index (χ3n) is 2.89. The number of amides is 1. The molecule has 0 bridgehead atoms. The van der Waals surface area contributed by atoms with Gasteiger partial charge in [-0.2, -0.15) is 13.2 Å². The molecule has 0 saturated carbocycles. The Hall–Kier alpha value is -2.56. The molecule has 21 heavy (non-hydrogen) atoms. The molecular weight excluding hydrogens is 279 g/mol. The summed E-state index contributed by atoms with van der Waals surface area (Å²) in [5.74, 6) is -0.582. The van der Waals surface area contributed by atoms with Gasteiger partial charge in [-0.3, -0.25) is 4.79 Å². The molecule has 0 heterocycles. The molecule has 5 heteroatoms. The van der Waals surface area contributed by atoms with Gasteiger partial charge in [-0.15, -0.1) is 0 Å². The predicted molar refractivity (Wildman–Crippen MR) is 75.1 cm³/mol. The normalized spacial score (nSPS) is 11.8. The van der Waals surface area contributed by atoms with Gasteiger partial charge in [-0.1, -0.05) is 42.5 Å². The SMILES string of the molecule is NC(=O)/C=C\c1ccc(-c2ccccc2C(F)(F)F)cc1. The van der Waals surface area contributed by atoms with Crippen LogP contribution in [0.4, 0.5) is 13.2 Å². The molecule has 2 N–H and O–H groups in total. The Morgan fingerprint density at radius 1 is 1.00 bits per heavy atom. The first kappa shape index (κ1) is 14.8. The zero-order chi connectivity index (χ0) is 15.5. The molecule has 2 rings (SSSR count). The summed E-state index contributed by atoms with van der Waals surface area (Å²) in [5, 5.41) is 0. The number of alkyl halides is 3. The number of carbonyl (C=O) groups excluding carboxylic acids is 1. The molecule has 0 unspecified atom stereocenters. The first-order valence-corrected chi connectivity index (χ1v) is 6.12. The Labute approximate surface area is 119 Å². The first-order chi connectivity index (χ1) is 9.88. The molecule has 108 valence electrons. The van der Waals surface area contributed by atoms with Crippen molar-refractivity contribution in [1.82, 2.24) is 0 Å². The highest BCUT2D eigenvalue weighted by Crippen LogP contribution is 2.36. The summed E-state index contributed by atoms with van der Waals surface area (Å²) in [6.07, 6.45) is -1.71. The van der Waals surface area contributed by atoms with Crippen molar-refractivity contribution >= 4 is 12.0 Å². The number of primary amides is 1. The minimum absolute atomic E-state index is 0.121. The first-order valence-electron chi connectivity index (χ1n) is 6.12. The Kier molecular flexibility index (Phi) is 4.12. The van der Waals surface area contributed by atoms with Crippen LogP contribution in [0.2, 0.25) is 0 Å². The highest BCUT2D eigenvalue weighted by molar-refractivity contribution is 5.90. The van der Waals surface area contributed by atoms with Crippen molar-refractivity contribution < 1.29 is 18.0 Å². The van der Waals surface area contributed by atoms with Crippen LogP contribution in [0.3, 0.4) is 0 Å². The summed E-state index contributed by atoms with van der Waals surface area (Å²) in [6, 6.07) is 11.8. The number of hydrogen-bond acceptors (Lipinski definition) is 1. The Bertz CT molecular complexity index is 673. The van der Waals surface area contributed by atoms with Crippen molar-refractivity contribution in [3.05, 3.63) is 65.7 Å². The fourth-order valence-electron chi connectivity index (χ4n) is 1.93. The third kappa shape index (κ3) is 3.72. The molecule has 1 amide bonds. The Morgan fingerprint density at radius 2 is 1.62 bits per heavy atom. The number of benzene rings is 2. The van der Waals surface area contributed by atoms with E-state index in [0.29, 0.717) is 11.1 Å². The van der Waals surface area contributed by atoms with E-state index in [1.165, 1.54) is 24.3 Å². The van der Waals surface area contributed by atoms with Gasteiger partial charge in [0.05, 0.1) is 5.56 Å². The van der Waals surface area contributed by atoms with Gasteiger partial charge in [0.15, 0.2) is 0 Å². The van der Waals surface area contributed by atoms with E-state index in [-0.39, 0.29) is 5.56 Å². The van der Waals surface area contributed by atoms with Gasteiger partial charge in [-0.25, -0.2) is 0 Å². The summed E-state index contributed by atoms with van der Waals surface area (Å²) < 4.78 is 38.9. The second kappa shape index (κ2) is 5.83. The maximum absolute atomic E-state index is 13.0. The standard InChI is InChI=1S/C16H12F3NO/c17-16(18,19)14-4-2-1-3-13(14)12-8-5-11(6-9-12)7-10-15(20)21/h1-10H,(H2,20,21)/b10-7-. The fraction of sp³-hybridized carbons (Fsp3) is 0.0625. The van der Waals surface area contributed by atoms with Crippen LogP contribution in [0.25, 0.3) is 17.2 Å². The molecule has 0 atom stereocenters. The number of halogens is 3. The van der Waals surface area contributed by atoms with Crippen molar-refractivity contribution in [1.29, 1.82) is 0 Å². The average molecular weight is 291 g/mol. The number of nitrogens with two attached hydrogens (primary N) is 1. The van der Waals surface area contributed by atoms with E-state index in [1.54, 1.807) is 30.3 Å². The predicted octanol–water partition coefficient (Wildman–Crippen LogP) is 3.87. The van der Waals surface area contributed by atoms with Crippen molar-refractivity contribution in [2.45, 2.75) is 6.18 Å². The van der Waals surface area contributed by atoms with Crippen LogP contribution >= 0.6 is 0 Å². The Morgan fingerprint density at radius 3 is 2.19 bits per heavy atom. The summed E-state index contributed by atoms with van der Waals surface area (Å²) >= 11 is 0. The minimum Gasteiger partial charge on any atom is -0.366 e. The summed E-state index contributed by atoms with van der Waals surface area (Å²) in [7, 11) is 0. The summed E-state index contributed by atoms with van der Waals surface area (Å²) in [5.41, 5.74) is 5.56. The monoisotopic (exact) mass is 291 g/mol. The van der Waals surface area contributed by atoms with Crippen molar-refractivity contribution in [2.24, 2.45) is 5.73 Å². The van der Waals surface area contributed by atoms with Gasteiger partial charge in [0.2, 0.25) is 5.91 Å². The maximum atomic E-state index is 13.0. The zero-order valence-corrected chi connectivity index (χ0v) is 10.9. The van der Waals surface area contributed by atoms with Crippen LogP contribution in [0.5, 0.6) is 0 Å². The lowest BCUT2D eigenvalue weighted by molar-refractivity contribution is -0.137. The van der Waals surface area contributed by atoms with Gasteiger partial charge in [0.1, 0.15) is 0 Å². The van der Waals surface area contributed by atoms with E-state index in [4.69, 9.17) is 5.73 Å². The van der Waals surface area contributed by atoms with Gasteiger partial charge in [-0.05, 0) is 28.8 Å². The Balaban J connectivity index is 2.38. The third-order valence-corrected chi connectivity index (χ3v) is 2.89. The maximum Gasteiger partial charge on any atom is 0.417 e. The molecule has 0 aliphatic heterocycles. The molecule has 0 aliphatic carbocycles. The molecule has 0 saturated heterocycles. The molecule has 0 aliphatic rings. The van der Waals surface area contributed by atoms with E-state index in [0.717, 1.165) is 6.07 Å². The van der Waals surface area contributed by atoms with Crippen LogP contribution in [-0.4, -0.2) is 5.91 Å². The molecule has 0 fully saturated rings. The van der Waals surface area contributed by atoms with Gasteiger partial charge < -0.3 is 5.73 Å². The smallest absolute Gasteiger partial charge is 0.366 e. The molecule has 0 aromatic heterocycles. The number of carbonyl (C=O) groups is 1.